The minimum absolute atomic E-state index is 0.174. The van der Waals surface area contributed by atoms with Crippen molar-refractivity contribution < 1.29 is 19.1 Å². The zero-order valence-corrected chi connectivity index (χ0v) is 19.1. The zero-order chi connectivity index (χ0) is 22.5. The Bertz CT molecular complexity index is 945. The van der Waals surface area contributed by atoms with Crippen molar-refractivity contribution in [2.75, 3.05) is 20.3 Å². The quantitative estimate of drug-likeness (QED) is 0.601. The fourth-order valence-corrected chi connectivity index (χ4v) is 4.89. The lowest BCUT2D eigenvalue weighted by molar-refractivity contribution is -0.132. The molecule has 1 saturated carbocycles. The monoisotopic (exact) mass is 439 g/mol. The first-order valence-corrected chi connectivity index (χ1v) is 11.8. The number of carbonyl (C=O) groups excluding carboxylic acids is 2. The van der Waals surface area contributed by atoms with Crippen molar-refractivity contribution in [3.05, 3.63) is 41.2 Å². The fraction of sp³-hybridized carbons (Fsp3) is 0.560. The largest absolute Gasteiger partial charge is 0.497 e. The van der Waals surface area contributed by atoms with E-state index in [2.05, 4.69) is 5.10 Å². The van der Waals surface area contributed by atoms with E-state index in [0.717, 1.165) is 29.1 Å². The first-order chi connectivity index (χ1) is 15.6. The van der Waals surface area contributed by atoms with Crippen LogP contribution in [-0.4, -0.2) is 46.8 Å². The molecule has 172 valence electrons. The highest BCUT2D eigenvalue weighted by molar-refractivity contribution is 5.90. The molecule has 7 nitrogen and oxygen atoms in total. The molecule has 0 unspecified atom stereocenters. The summed E-state index contributed by atoms with van der Waals surface area (Å²) in [6.45, 7) is 3.11. The maximum absolute atomic E-state index is 13.0. The molecule has 1 aliphatic heterocycles. The second kappa shape index (κ2) is 10.2. The SMILES string of the molecule is CCOC(=O)c1nn(-c2ccc(OC)cc2)c2c1CN(C(=O)CCC1CCCCC1)CC2. The van der Waals surface area contributed by atoms with Gasteiger partial charge in [-0.1, -0.05) is 32.1 Å². The maximum atomic E-state index is 13.0. The molecule has 32 heavy (non-hydrogen) atoms. The number of rotatable bonds is 7. The number of aromatic nitrogens is 2. The van der Waals surface area contributed by atoms with Gasteiger partial charge in [0.05, 0.1) is 25.1 Å². The maximum Gasteiger partial charge on any atom is 0.359 e. The summed E-state index contributed by atoms with van der Waals surface area (Å²) in [5, 5.41) is 4.61. The van der Waals surface area contributed by atoms with E-state index >= 15 is 0 Å². The van der Waals surface area contributed by atoms with Crippen LogP contribution in [0.5, 0.6) is 5.75 Å². The topological polar surface area (TPSA) is 73.7 Å². The summed E-state index contributed by atoms with van der Waals surface area (Å²) < 4.78 is 12.3. The lowest BCUT2D eigenvalue weighted by atomic mass is 9.86. The fourth-order valence-electron chi connectivity index (χ4n) is 4.89. The Labute approximate surface area is 189 Å². The zero-order valence-electron chi connectivity index (χ0n) is 19.1. The van der Waals surface area contributed by atoms with Crippen molar-refractivity contribution in [3.8, 4) is 11.4 Å². The Morgan fingerprint density at radius 3 is 2.56 bits per heavy atom. The number of hydrogen-bond acceptors (Lipinski definition) is 5. The number of ether oxygens (including phenoxy) is 2. The molecule has 1 aromatic heterocycles. The number of benzene rings is 1. The van der Waals surface area contributed by atoms with Crippen molar-refractivity contribution in [1.29, 1.82) is 0 Å². The van der Waals surface area contributed by atoms with Gasteiger partial charge in [0, 0.05) is 31.5 Å². The lowest BCUT2D eigenvalue weighted by Gasteiger charge is -2.29. The van der Waals surface area contributed by atoms with Gasteiger partial charge in [-0.05, 0) is 43.5 Å². The van der Waals surface area contributed by atoms with Gasteiger partial charge in [0.25, 0.3) is 0 Å². The summed E-state index contributed by atoms with van der Waals surface area (Å²) >= 11 is 0. The number of amides is 1. The summed E-state index contributed by atoms with van der Waals surface area (Å²) in [5.74, 6) is 1.18. The van der Waals surface area contributed by atoms with Crippen LogP contribution >= 0.6 is 0 Å². The highest BCUT2D eigenvalue weighted by Gasteiger charge is 2.31. The van der Waals surface area contributed by atoms with Gasteiger partial charge in [0.1, 0.15) is 5.75 Å². The summed E-state index contributed by atoms with van der Waals surface area (Å²) in [5.41, 5.74) is 2.93. The molecule has 2 heterocycles. The smallest absolute Gasteiger partial charge is 0.359 e. The molecule has 0 atom stereocenters. The number of esters is 1. The van der Waals surface area contributed by atoms with Gasteiger partial charge in [0.2, 0.25) is 5.91 Å². The van der Waals surface area contributed by atoms with Gasteiger partial charge >= 0.3 is 5.97 Å². The average molecular weight is 440 g/mol. The molecule has 4 rings (SSSR count). The molecule has 2 aliphatic rings. The van der Waals surface area contributed by atoms with Crippen LogP contribution in [0.2, 0.25) is 0 Å². The van der Waals surface area contributed by atoms with Crippen molar-refractivity contribution in [2.24, 2.45) is 5.92 Å². The Morgan fingerprint density at radius 2 is 1.88 bits per heavy atom. The predicted octanol–water partition coefficient (Wildman–Crippen LogP) is 4.30. The molecule has 1 fully saturated rings. The molecule has 0 saturated heterocycles. The van der Waals surface area contributed by atoms with Gasteiger partial charge in [-0.25, -0.2) is 9.48 Å². The number of fused-ring (bicyclic) bond motifs is 1. The molecule has 0 spiro atoms. The number of hydrogen-bond donors (Lipinski definition) is 0. The van der Waals surface area contributed by atoms with E-state index in [1.807, 2.05) is 33.8 Å². The predicted molar refractivity (Wildman–Crippen MR) is 121 cm³/mol. The van der Waals surface area contributed by atoms with E-state index in [0.29, 0.717) is 37.5 Å². The van der Waals surface area contributed by atoms with Crippen molar-refractivity contribution >= 4 is 11.9 Å². The van der Waals surface area contributed by atoms with Crippen LogP contribution in [0.4, 0.5) is 0 Å². The average Bonchev–Trinajstić information content (AvgIpc) is 3.22. The number of carbonyl (C=O) groups is 2. The second-order valence-corrected chi connectivity index (χ2v) is 8.71. The van der Waals surface area contributed by atoms with Gasteiger partial charge in [-0.15, -0.1) is 0 Å². The van der Waals surface area contributed by atoms with Crippen LogP contribution in [0.1, 0.15) is 73.6 Å². The van der Waals surface area contributed by atoms with Crippen LogP contribution in [0, 0.1) is 5.92 Å². The molecule has 7 heteroatoms. The first kappa shape index (κ1) is 22.4. The second-order valence-electron chi connectivity index (χ2n) is 8.71. The summed E-state index contributed by atoms with van der Waals surface area (Å²) in [6.07, 6.45) is 8.62. The highest BCUT2D eigenvalue weighted by atomic mass is 16.5. The number of nitrogens with zero attached hydrogens (tertiary/aromatic N) is 3. The normalized spacial score (nSPS) is 16.5. The lowest BCUT2D eigenvalue weighted by Crippen LogP contribution is -2.37. The molecule has 1 aliphatic carbocycles. The summed E-state index contributed by atoms with van der Waals surface area (Å²) in [7, 11) is 1.63. The minimum atomic E-state index is -0.437. The van der Waals surface area contributed by atoms with Gasteiger partial charge in [-0.3, -0.25) is 4.79 Å². The van der Waals surface area contributed by atoms with E-state index in [4.69, 9.17) is 9.47 Å². The molecule has 0 bridgehead atoms. The van der Waals surface area contributed by atoms with Crippen LogP contribution in [0.15, 0.2) is 24.3 Å². The third-order valence-corrected chi connectivity index (χ3v) is 6.69. The van der Waals surface area contributed by atoms with E-state index in [-0.39, 0.29) is 12.5 Å². The van der Waals surface area contributed by atoms with Crippen LogP contribution < -0.4 is 4.74 Å². The molecule has 1 amide bonds. The minimum Gasteiger partial charge on any atom is -0.497 e. The molecule has 2 aromatic rings. The van der Waals surface area contributed by atoms with Crippen LogP contribution in [-0.2, 0) is 22.5 Å². The highest BCUT2D eigenvalue weighted by Crippen LogP contribution is 2.30. The van der Waals surface area contributed by atoms with Crippen molar-refractivity contribution in [2.45, 2.75) is 64.8 Å². The van der Waals surface area contributed by atoms with E-state index in [9.17, 15) is 9.59 Å². The molecule has 0 radical (unpaired) electrons. The molecular formula is C25H33N3O4. The van der Waals surface area contributed by atoms with Gasteiger partial charge in [-0.2, -0.15) is 5.10 Å². The summed E-state index contributed by atoms with van der Waals surface area (Å²) in [4.78, 5) is 27.5. The summed E-state index contributed by atoms with van der Waals surface area (Å²) in [6, 6.07) is 7.58. The van der Waals surface area contributed by atoms with Crippen LogP contribution in [0.3, 0.4) is 0 Å². The standard InChI is InChI=1S/C25H33N3O4/c1-3-32-25(30)24-21-17-27(23(29)14-9-18-7-5-4-6-8-18)16-15-22(21)28(26-24)19-10-12-20(31-2)13-11-19/h10-13,18H,3-9,14-17H2,1-2H3. The molecule has 1 aromatic carbocycles. The van der Waals surface area contributed by atoms with Crippen LogP contribution in [0.25, 0.3) is 5.69 Å². The third kappa shape index (κ3) is 4.81. The van der Waals surface area contributed by atoms with E-state index in [1.54, 1.807) is 14.0 Å². The third-order valence-electron chi connectivity index (χ3n) is 6.69. The Balaban J connectivity index is 1.54. The van der Waals surface area contributed by atoms with Crippen molar-refractivity contribution in [1.82, 2.24) is 14.7 Å². The molecule has 0 N–H and O–H groups in total. The van der Waals surface area contributed by atoms with Gasteiger partial charge < -0.3 is 14.4 Å². The Hall–Kier alpha value is -2.83. The van der Waals surface area contributed by atoms with Gasteiger partial charge in [0.15, 0.2) is 5.69 Å². The number of methoxy groups -OCH3 is 1. The van der Waals surface area contributed by atoms with E-state index in [1.165, 1.54) is 32.1 Å². The Morgan fingerprint density at radius 1 is 1.12 bits per heavy atom. The van der Waals surface area contributed by atoms with Crippen molar-refractivity contribution in [3.63, 3.8) is 0 Å². The Kier molecular flexibility index (Phi) is 7.12. The molecular weight excluding hydrogens is 406 g/mol. The first-order valence-electron chi connectivity index (χ1n) is 11.8. The van der Waals surface area contributed by atoms with E-state index < -0.39 is 5.97 Å².